The second-order valence-corrected chi connectivity index (χ2v) is 9.88. The second-order valence-electron chi connectivity index (χ2n) is 5.42. The van der Waals surface area contributed by atoms with E-state index in [1.54, 1.807) is 6.92 Å². The maximum Gasteiger partial charge on any atom is 0.420 e. The van der Waals surface area contributed by atoms with Gasteiger partial charge >= 0.3 is 11.7 Å². The number of esters is 1. The summed E-state index contributed by atoms with van der Waals surface area (Å²) in [5.74, 6) is -0.665. The molecule has 0 spiro atoms. The van der Waals surface area contributed by atoms with Crippen LogP contribution in [0.15, 0.2) is 30.3 Å². The fourth-order valence-corrected chi connectivity index (χ4v) is 2.84. The molecule has 0 saturated carbocycles. The highest BCUT2D eigenvalue weighted by atomic mass is 28.4. The molecule has 1 aromatic rings. The molecule has 108 valence electrons. The molecule has 0 amide bonds. The van der Waals surface area contributed by atoms with Crippen molar-refractivity contribution >= 4 is 20.0 Å². The highest BCUT2D eigenvalue weighted by Crippen LogP contribution is 2.09. The van der Waals surface area contributed by atoms with Gasteiger partial charge in [-0.3, -0.25) is 0 Å². The largest absolute Gasteiger partial charge is 0.452 e. The standard InChI is InChI=1S/C14H20N2O3Si/c1-11(19-20(2,3)4)13(16-15)14(17)18-10-12-8-6-5-7-9-12/h5-9,11H,10H2,1-4H3. The van der Waals surface area contributed by atoms with E-state index in [4.69, 9.17) is 14.7 Å². The summed E-state index contributed by atoms with van der Waals surface area (Å²) in [6.45, 7) is 7.80. The van der Waals surface area contributed by atoms with Crippen molar-refractivity contribution in [2.45, 2.75) is 39.3 Å². The number of hydrogen-bond acceptors (Lipinski definition) is 3. The van der Waals surface area contributed by atoms with Gasteiger partial charge in [0.15, 0.2) is 14.4 Å². The Morgan fingerprint density at radius 3 is 2.40 bits per heavy atom. The first-order valence-corrected chi connectivity index (χ1v) is 9.85. The summed E-state index contributed by atoms with van der Waals surface area (Å²) >= 11 is 0. The maximum absolute atomic E-state index is 11.9. The molecular formula is C14H20N2O3Si. The Morgan fingerprint density at radius 1 is 1.30 bits per heavy atom. The molecule has 1 unspecified atom stereocenters. The second kappa shape index (κ2) is 7.14. The topological polar surface area (TPSA) is 71.9 Å². The number of carbonyl (C=O) groups excluding carboxylic acids is 1. The first-order valence-electron chi connectivity index (χ1n) is 6.44. The van der Waals surface area contributed by atoms with E-state index in [9.17, 15) is 4.79 Å². The van der Waals surface area contributed by atoms with Crippen LogP contribution < -0.4 is 0 Å². The molecular weight excluding hydrogens is 272 g/mol. The molecule has 6 heteroatoms. The van der Waals surface area contributed by atoms with Gasteiger partial charge in [-0.2, -0.15) is 4.79 Å². The number of ether oxygens (including phenoxy) is 1. The summed E-state index contributed by atoms with van der Waals surface area (Å²) in [5.41, 5.74) is 9.75. The zero-order chi connectivity index (χ0) is 15.2. The quantitative estimate of drug-likeness (QED) is 0.266. The zero-order valence-electron chi connectivity index (χ0n) is 12.3. The van der Waals surface area contributed by atoms with Gasteiger partial charge in [0.25, 0.3) is 0 Å². The highest BCUT2D eigenvalue weighted by molar-refractivity contribution is 6.70. The lowest BCUT2D eigenvalue weighted by Crippen LogP contribution is -2.39. The minimum Gasteiger partial charge on any atom is -0.452 e. The number of rotatable bonds is 6. The van der Waals surface area contributed by atoms with Crippen LogP contribution in [0.3, 0.4) is 0 Å². The Balaban J connectivity index is 2.62. The van der Waals surface area contributed by atoms with Gasteiger partial charge in [-0.25, -0.2) is 4.79 Å². The van der Waals surface area contributed by atoms with Gasteiger partial charge in [-0.05, 0) is 32.1 Å². The van der Waals surface area contributed by atoms with Crippen LogP contribution in [0.1, 0.15) is 12.5 Å². The van der Waals surface area contributed by atoms with E-state index in [1.807, 2.05) is 50.0 Å². The normalized spacial score (nSPS) is 12.4. The highest BCUT2D eigenvalue weighted by Gasteiger charge is 2.33. The first-order chi connectivity index (χ1) is 9.33. The SMILES string of the molecule is CC(O[Si](C)(C)C)C(=[N+]=[N-])C(=O)OCc1ccccc1. The number of nitrogens with zero attached hydrogens (tertiary/aromatic N) is 2. The molecule has 0 aliphatic heterocycles. The molecule has 0 bridgehead atoms. The first kappa shape index (κ1) is 16.3. The van der Waals surface area contributed by atoms with E-state index in [2.05, 4.69) is 4.79 Å². The average Bonchev–Trinajstić information content (AvgIpc) is 2.36. The molecule has 0 aromatic heterocycles. The van der Waals surface area contributed by atoms with E-state index in [1.165, 1.54) is 0 Å². The van der Waals surface area contributed by atoms with Crippen molar-refractivity contribution in [2.24, 2.45) is 0 Å². The lowest BCUT2D eigenvalue weighted by molar-refractivity contribution is -0.142. The molecule has 0 fully saturated rings. The van der Waals surface area contributed by atoms with Gasteiger partial charge in [0.1, 0.15) is 6.61 Å². The van der Waals surface area contributed by atoms with Crippen molar-refractivity contribution in [1.82, 2.24) is 0 Å². The molecule has 0 heterocycles. The minimum atomic E-state index is -1.83. The Hall–Kier alpha value is -1.75. The Labute approximate surface area is 120 Å². The molecule has 1 rings (SSSR count). The summed E-state index contributed by atoms with van der Waals surface area (Å²) in [7, 11) is -1.83. The molecule has 0 aliphatic carbocycles. The van der Waals surface area contributed by atoms with E-state index < -0.39 is 20.4 Å². The summed E-state index contributed by atoms with van der Waals surface area (Å²) in [4.78, 5) is 14.9. The van der Waals surface area contributed by atoms with Gasteiger partial charge in [0, 0.05) is 0 Å². The van der Waals surface area contributed by atoms with Crippen molar-refractivity contribution in [3.63, 3.8) is 0 Å². The fraction of sp³-hybridized carbons (Fsp3) is 0.429. The average molecular weight is 292 g/mol. The van der Waals surface area contributed by atoms with Gasteiger partial charge in [0.05, 0.1) is 0 Å². The van der Waals surface area contributed by atoms with E-state index >= 15 is 0 Å². The Morgan fingerprint density at radius 2 is 1.90 bits per heavy atom. The Kier molecular flexibility index (Phi) is 5.82. The van der Waals surface area contributed by atoms with Crippen molar-refractivity contribution in [1.29, 1.82) is 0 Å². The van der Waals surface area contributed by atoms with Crippen LogP contribution in [0.2, 0.25) is 19.6 Å². The zero-order valence-corrected chi connectivity index (χ0v) is 13.3. The lowest BCUT2D eigenvalue weighted by atomic mass is 10.2. The molecule has 0 aliphatic rings. The molecule has 0 saturated heterocycles. The van der Waals surface area contributed by atoms with Crippen LogP contribution in [-0.4, -0.2) is 30.9 Å². The van der Waals surface area contributed by atoms with Crippen LogP contribution in [0.5, 0.6) is 0 Å². The van der Waals surface area contributed by atoms with E-state index in [0.717, 1.165) is 5.56 Å². The molecule has 1 atom stereocenters. The van der Waals surface area contributed by atoms with Crippen molar-refractivity contribution < 1.29 is 18.7 Å². The van der Waals surface area contributed by atoms with E-state index in [-0.39, 0.29) is 12.3 Å². The molecule has 5 nitrogen and oxygen atoms in total. The summed E-state index contributed by atoms with van der Waals surface area (Å²) in [6.07, 6.45) is -0.588. The van der Waals surface area contributed by atoms with Crippen molar-refractivity contribution in [2.75, 3.05) is 0 Å². The predicted octanol–water partition coefficient (Wildman–Crippen LogP) is 2.64. The molecule has 0 N–H and O–H groups in total. The monoisotopic (exact) mass is 292 g/mol. The third-order valence-corrected chi connectivity index (χ3v) is 3.51. The van der Waals surface area contributed by atoms with Crippen molar-refractivity contribution in [3.8, 4) is 0 Å². The lowest BCUT2D eigenvalue weighted by Gasteiger charge is -2.20. The fourth-order valence-electron chi connectivity index (χ4n) is 1.67. The van der Waals surface area contributed by atoms with Crippen LogP contribution in [-0.2, 0) is 20.6 Å². The summed E-state index contributed by atoms with van der Waals surface area (Å²) in [6, 6.07) is 9.31. The smallest absolute Gasteiger partial charge is 0.420 e. The van der Waals surface area contributed by atoms with Gasteiger partial charge in [-0.15, -0.1) is 0 Å². The number of hydrogen-bond donors (Lipinski definition) is 0. The molecule has 20 heavy (non-hydrogen) atoms. The van der Waals surface area contributed by atoms with Gasteiger partial charge in [0.2, 0.25) is 0 Å². The summed E-state index contributed by atoms with van der Waals surface area (Å²) < 4.78 is 10.8. The van der Waals surface area contributed by atoms with E-state index in [0.29, 0.717) is 0 Å². The number of benzene rings is 1. The van der Waals surface area contributed by atoms with Crippen LogP contribution in [0.25, 0.3) is 5.53 Å². The van der Waals surface area contributed by atoms with Crippen LogP contribution in [0, 0.1) is 0 Å². The third-order valence-electron chi connectivity index (χ3n) is 2.45. The molecule has 0 radical (unpaired) electrons. The van der Waals surface area contributed by atoms with Crippen LogP contribution >= 0.6 is 0 Å². The van der Waals surface area contributed by atoms with Gasteiger partial charge < -0.3 is 14.7 Å². The van der Waals surface area contributed by atoms with Crippen molar-refractivity contribution in [3.05, 3.63) is 41.4 Å². The molecule has 1 aromatic carbocycles. The van der Waals surface area contributed by atoms with Gasteiger partial charge in [-0.1, -0.05) is 30.3 Å². The summed E-state index contributed by atoms with van der Waals surface area (Å²) in [5, 5.41) is 0. The Bertz CT molecular complexity index is 505. The maximum atomic E-state index is 11.9. The minimum absolute atomic E-state index is 0.108. The predicted molar refractivity (Wildman–Crippen MR) is 78.8 cm³/mol. The van der Waals surface area contributed by atoms with Crippen LogP contribution in [0.4, 0.5) is 0 Å². The number of carbonyl (C=O) groups is 1. The third kappa shape index (κ3) is 5.48.